The van der Waals surface area contributed by atoms with Gasteiger partial charge < -0.3 is 0 Å². The number of hydrogen-bond donors (Lipinski definition) is 0. The van der Waals surface area contributed by atoms with Crippen LogP contribution in [-0.2, 0) is 19.4 Å². The first-order chi connectivity index (χ1) is 2.77. The van der Waals surface area contributed by atoms with E-state index < -0.39 is 0 Å². The van der Waals surface area contributed by atoms with Crippen LogP contribution >= 0.6 is 0 Å². The van der Waals surface area contributed by atoms with Crippen LogP contribution in [0, 0.1) is 0 Å². The quantitative estimate of drug-likeness (QED) is 0.659. The van der Waals surface area contributed by atoms with Crippen LogP contribution in [0.2, 0.25) is 0 Å². The van der Waals surface area contributed by atoms with E-state index in [1.807, 2.05) is 0 Å². The maximum absolute atomic E-state index is 2.12. The third-order valence-electron chi connectivity index (χ3n) is 0.401. The van der Waals surface area contributed by atoms with Gasteiger partial charge in [0, 0.05) is 0 Å². The van der Waals surface area contributed by atoms with Gasteiger partial charge in [-0.25, -0.2) is 0 Å². The minimum atomic E-state index is 1.38. The molecule has 0 saturated carbocycles. The van der Waals surface area contributed by atoms with E-state index in [0.717, 1.165) is 0 Å². The fraction of sp³-hybridized carbons (Fsp3) is 0.400. The van der Waals surface area contributed by atoms with Crippen LogP contribution in [0.1, 0.15) is 13.8 Å². The molecule has 0 heterocycles. The molecule has 0 atom stereocenters. The van der Waals surface area contributed by atoms with Crippen LogP contribution in [0.4, 0.5) is 0 Å². The van der Waals surface area contributed by atoms with Gasteiger partial charge in [0.25, 0.3) is 0 Å². The molecule has 34 valence electrons. The minimum absolute atomic E-state index is 1.38. The Hall–Kier alpha value is 0.298. The van der Waals surface area contributed by atoms with E-state index in [1.54, 1.807) is 0 Å². The Morgan fingerprint density at radius 3 is 2.00 bits per heavy atom. The zero-order chi connectivity index (χ0) is 4.99. The maximum atomic E-state index is 2.12. The topological polar surface area (TPSA) is 0 Å². The molecular formula is C5H8W. The third kappa shape index (κ3) is 4.30. The summed E-state index contributed by atoms with van der Waals surface area (Å²) < 4.78 is 2.12. The van der Waals surface area contributed by atoms with Crippen LogP contribution in [0.5, 0.6) is 0 Å². The predicted molar refractivity (Wildman–Crippen MR) is 25.5 cm³/mol. The SMILES string of the molecule is CC(C)=C[CH]=[W]. The standard InChI is InChI=1S/C5H8.W/c1-4-5(2)3;/h1,4H,2-3H3;. The third-order valence-corrected chi connectivity index (χ3v) is 0.890. The molecule has 1 heteroatoms. The molecule has 0 radical (unpaired) electrons. The molecule has 0 aromatic carbocycles. The zero-order valence-electron chi connectivity index (χ0n) is 4.06. The number of hydrogen-bond acceptors (Lipinski definition) is 0. The van der Waals surface area contributed by atoms with Crippen molar-refractivity contribution in [3.63, 3.8) is 0 Å². The van der Waals surface area contributed by atoms with Gasteiger partial charge in [0.05, 0.1) is 0 Å². The number of rotatable bonds is 1. The van der Waals surface area contributed by atoms with E-state index in [0.29, 0.717) is 0 Å². The van der Waals surface area contributed by atoms with Crippen LogP contribution in [-0.4, -0.2) is 4.40 Å². The van der Waals surface area contributed by atoms with Crippen molar-refractivity contribution in [2.45, 2.75) is 13.8 Å². The van der Waals surface area contributed by atoms with Crippen molar-refractivity contribution in [1.82, 2.24) is 0 Å². The Morgan fingerprint density at radius 1 is 1.50 bits per heavy atom. The van der Waals surface area contributed by atoms with Crippen molar-refractivity contribution in [2.24, 2.45) is 0 Å². The Labute approximate surface area is 49.7 Å². The Balaban J connectivity index is 3.41. The first-order valence-corrected chi connectivity index (χ1v) is 3.55. The van der Waals surface area contributed by atoms with E-state index in [9.17, 15) is 0 Å². The molecule has 0 saturated heterocycles. The molecule has 0 bridgehead atoms. The molecule has 0 aromatic rings. The second-order valence-electron chi connectivity index (χ2n) is 1.38. The second kappa shape index (κ2) is 3.49. The predicted octanol–water partition coefficient (Wildman–Crippen LogP) is 1.30. The summed E-state index contributed by atoms with van der Waals surface area (Å²) in [6, 6.07) is 0. The monoisotopic (exact) mass is 252 g/mol. The van der Waals surface area contributed by atoms with Crippen molar-refractivity contribution in [3.8, 4) is 0 Å². The van der Waals surface area contributed by atoms with Crippen LogP contribution in [0.3, 0.4) is 0 Å². The van der Waals surface area contributed by atoms with E-state index >= 15 is 0 Å². The molecule has 0 unspecified atom stereocenters. The van der Waals surface area contributed by atoms with Gasteiger partial charge in [-0.3, -0.25) is 0 Å². The Kier molecular flexibility index (Phi) is 3.66. The van der Waals surface area contributed by atoms with Gasteiger partial charge in [0.2, 0.25) is 0 Å². The van der Waals surface area contributed by atoms with Crippen LogP contribution < -0.4 is 0 Å². The molecule has 6 heavy (non-hydrogen) atoms. The number of allylic oxidation sites excluding steroid dienone is 2. The first-order valence-electron chi connectivity index (χ1n) is 1.86. The molecule has 0 amide bonds. The summed E-state index contributed by atoms with van der Waals surface area (Å²) in [5.41, 5.74) is 1.38. The summed E-state index contributed by atoms with van der Waals surface area (Å²) in [6.07, 6.45) is 2.12. The van der Waals surface area contributed by atoms with Gasteiger partial charge in [0.15, 0.2) is 0 Å². The van der Waals surface area contributed by atoms with Crippen molar-refractivity contribution in [2.75, 3.05) is 0 Å². The summed E-state index contributed by atoms with van der Waals surface area (Å²) >= 11 is 1.52. The fourth-order valence-electron chi connectivity index (χ4n) is 0.136. The van der Waals surface area contributed by atoms with Crippen LogP contribution in [0.25, 0.3) is 0 Å². The molecular weight excluding hydrogens is 244 g/mol. The second-order valence-corrected chi connectivity index (χ2v) is 2.36. The summed E-state index contributed by atoms with van der Waals surface area (Å²) in [5, 5.41) is 0. The van der Waals surface area contributed by atoms with Gasteiger partial charge in [0.1, 0.15) is 0 Å². The molecule has 0 rings (SSSR count). The average Bonchev–Trinajstić information content (AvgIpc) is 1.35. The van der Waals surface area contributed by atoms with Crippen molar-refractivity contribution in [1.29, 1.82) is 0 Å². The van der Waals surface area contributed by atoms with Crippen LogP contribution in [0.15, 0.2) is 11.6 Å². The summed E-state index contributed by atoms with van der Waals surface area (Å²) in [7, 11) is 0. The summed E-state index contributed by atoms with van der Waals surface area (Å²) in [4.78, 5) is 0. The molecule has 0 aliphatic carbocycles. The first kappa shape index (κ1) is 6.30. The molecule has 0 aliphatic heterocycles. The summed E-state index contributed by atoms with van der Waals surface area (Å²) in [5.74, 6) is 0. The van der Waals surface area contributed by atoms with Gasteiger partial charge in [-0.2, -0.15) is 0 Å². The molecule has 0 aliphatic rings. The molecule has 0 nitrogen and oxygen atoms in total. The zero-order valence-corrected chi connectivity index (χ0v) is 7.00. The van der Waals surface area contributed by atoms with E-state index in [1.165, 1.54) is 24.9 Å². The van der Waals surface area contributed by atoms with E-state index in [4.69, 9.17) is 0 Å². The van der Waals surface area contributed by atoms with E-state index in [2.05, 4.69) is 24.3 Å². The van der Waals surface area contributed by atoms with Crippen molar-refractivity contribution in [3.05, 3.63) is 11.6 Å². The molecule has 0 fully saturated rings. The Morgan fingerprint density at radius 2 is 2.00 bits per heavy atom. The van der Waals surface area contributed by atoms with Gasteiger partial charge in [-0.15, -0.1) is 0 Å². The molecule has 0 spiro atoms. The fourth-order valence-corrected chi connectivity index (χ4v) is 1.11. The Bertz CT molecular complexity index is 68.0. The van der Waals surface area contributed by atoms with Crippen molar-refractivity contribution < 1.29 is 19.4 Å². The van der Waals surface area contributed by atoms with Gasteiger partial charge in [-0.1, -0.05) is 0 Å². The normalized spacial score (nSPS) is 7.00. The summed E-state index contributed by atoms with van der Waals surface area (Å²) in [6.45, 7) is 4.19. The van der Waals surface area contributed by atoms with Crippen molar-refractivity contribution >= 4 is 4.40 Å². The van der Waals surface area contributed by atoms with Gasteiger partial charge in [-0.05, 0) is 0 Å². The van der Waals surface area contributed by atoms with E-state index in [-0.39, 0.29) is 0 Å². The van der Waals surface area contributed by atoms with Gasteiger partial charge >= 0.3 is 49.3 Å². The average molecular weight is 252 g/mol. The molecule has 0 aromatic heterocycles. The molecule has 0 N–H and O–H groups in total.